The third kappa shape index (κ3) is 1.10. The highest BCUT2D eigenvalue weighted by atomic mass is 79.9. The molecule has 0 spiro atoms. The van der Waals surface area contributed by atoms with Crippen molar-refractivity contribution < 1.29 is 4.98 Å². The first-order valence-electron chi connectivity index (χ1n) is 2.85. The Kier molecular flexibility index (Phi) is 1.54. The smallest absolute Gasteiger partial charge is 0.271 e. The Morgan fingerprint density at radius 1 is 1.55 bits per heavy atom. The lowest BCUT2D eigenvalue weighted by atomic mass is 10.6. The molecule has 0 bridgehead atoms. The fraction of sp³-hybridized carbons (Fsp3) is 0. The summed E-state index contributed by atoms with van der Waals surface area (Å²) in [6.45, 7) is 0. The summed E-state index contributed by atoms with van der Waals surface area (Å²) in [7, 11) is 0. The summed E-state index contributed by atoms with van der Waals surface area (Å²) >= 11 is 8.90. The van der Waals surface area contributed by atoms with Gasteiger partial charge in [-0.1, -0.05) is 16.6 Å². The van der Waals surface area contributed by atoms with Crippen LogP contribution in [0.2, 0.25) is 5.15 Å². The number of imidazole rings is 1. The van der Waals surface area contributed by atoms with Crippen LogP contribution in [0.5, 0.6) is 0 Å². The van der Waals surface area contributed by atoms with Crippen LogP contribution in [-0.4, -0.2) is 15.0 Å². The van der Waals surface area contributed by atoms with Gasteiger partial charge < -0.3 is 0 Å². The van der Waals surface area contributed by atoms with Gasteiger partial charge in [-0.25, -0.2) is 4.98 Å². The van der Waals surface area contributed by atoms with Gasteiger partial charge in [0.05, 0.1) is 0 Å². The molecule has 2 rings (SSSR count). The first-order valence-corrected chi connectivity index (χ1v) is 4.02. The minimum Gasteiger partial charge on any atom is -0.271 e. The Morgan fingerprint density at radius 3 is 3.18 bits per heavy atom. The van der Waals surface area contributed by atoms with Crippen molar-refractivity contribution >= 4 is 38.7 Å². The first kappa shape index (κ1) is 7.00. The fourth-order valence-corrected chi connectivity index (χ4v) is 1.50. The van der Waals surface area contributed by atoms with Crippen LogP contribution in [-0.2, 0) is 0 Å². The van der Waals surface area contributed by atoms with E-state index in [1.165, 1.54) is 0 Å². The van der Waals surface area contributed by atoms with Crippen LogP contribution >= 0.6 is 27.5 Å². The summed E-state index contributed by atoms with van der Waals surface area (Å²) < 4.78 is 0.478. The molecule has 11 heavy (non-hydrogen) atoms. The molecule has 2 heterocycles. The van der Waals surface area contributed by atoms with Gasteiger partial charge in [-0.2, -0.15) is 4.98 Å². The molecule has 0 aliphatic rings. The molecule has 2 aromatic heterocycles. The van der Waals surface area contributed by atoms with E-state index in [-0.39, 0.29) is 0 Å². The predicted octanol–water partition coefficient (Wildman–Crippen LogP) is 1.19. The number of fused-ring (bicyclic) bond motifs is 1. The standard InChI is InChI=1S/C5H2BrClN4/c6-5-10-3(7)2-4(11-5)9-1-8-2/h1H,(H,8,9,10,11)/p+1. The first-order chi connectivity index (χ1) is 5.27. The SMILES string of the molecule is Clc1nc(Br)nc2[nH+]c[nH]c12. The second kappa shape index (κ2) is 2.42. The average Bonchev–Trinajstić information content (AvgIpc) is 2.34. The molecule has 0 aliphatic heterocycles. The zero-order chi connectivity index (χ0) is 7.84. The largest absolute Gasteiger partial charge is 0.305 e. The summed E-state index contributed by atoms with van der Waals surface area (Å²) in [6, 6.07) is 0. The average molecular weight is 234 g/mol. The highest BCUT2D eigenvalue weighted by Crippen LogP contribution is 2.16. The molecular weight excluding hydrogens is 231 g/mol. The van der Waals surface area contributed by atoms with Crippen molar-refractivity contribution in [3.8, 4) is 0 Å². The lowest BCUT2D eigenvalue weighted by Crippen LogP contribution is -1.98. The van der Waals surface area contributed by atoms with Crippen LogP contribution in [0.25, 0.3) is 11.2 Å². The summed E-state index contributed by atoms with van der Waals surface area (Å²) in [6.07, 6.45) is 1.65. The highest BCUT2D eigenvalue weighted by Gasteiger charge is 2.11. The molecule has 2 aromatic rings. The number of halogens is 2. The number of hydrogen-bond acceptors (Lipinski definition) is 2. The maximum absolute atomic E-state index is 5.77. The lowest BCUT2D eigenvalue weighted by molar-refractivity contribution is -0.347. The predicted molar refractivity (Wildman–Crippen MR) is 43.2 cm³/mol. The highest BCUT2D eigenvalue weighted by molar-refractivity contribution is 9.10. The number of aromatic amines is 2. The minimum absolute atomic E-state index is 0.406. The molecule has 4 nitrogen and oxygen atoms in total. The van der Waals surface area contributed by atoms with Gasteiger partial charge >= 0.3 is 5.65 Å². The molecule has 0 unspecified atom stereocenters. The van der Waals surface area contributed by atoms with Gasteiger partial charge in [-0.15, -0.1) is 0 Å². The van der Waals surface area contributed by atoms with E-state index < -0.39 is 0 Å². The van der Waals surface area contributed by atoms with Gasteiger partial charge in [0.2, 0.25) is 5.52 Å². The molecule has 0 saturated heterocycles. The van der Waals surface area contributed by atoms with Crippen LogP contribution in [0.1, 0.15) is 0 Å². The van der Waals surface area contributed by atoms with Gasteiger partial charge in [-0.05, 0) is 0 Å². The van der Waals surface area contributed by atoms with E-state index in [9.17, 15) is 0 Å². The molecule has 6 heteroatoms. The molecule has 0 radical (unpaired) electrons. The van der Waals surface area contributed by atoms with E-state index >= 15 is 0 Å². The zero-order valence-electron chi connectivity index (χ0n) is 5.23. The van der Waals surface area contributed by atoms with Crippen molar-refractivity contribution in [2.75, 3.05) is 0 Å². The number of aromatic nitrogens is 4. The molecule has 0 saturated carbocycles. The van der Waals surface area contributed by atoms with E-state index in [4.69, 9.17) is 11.6 Å². The maximum Gasteiger partial charge on any atom is 0.305 e. The third-order valence-corrected chi connectivity index (χ3v) is 1.89. The number of hydrogen-bond donors (Lipinski definition) is 1. The molecule has 0 amide bonds. The Hall–Kier alpha value is -0.680. The molecule has 0 aromatic carbocycles. The van der Waals surface area contributed by atoms with E-state index in [1.807, 2.05) is 0 Å². The molecule has 0 fully saturated rings. The summed E-state index contributed by atoms with van der Waals surface area (Å²) in [5.41, 5.74) is 1.41. The van der Waals surface area contributed by atoms with Gasteiger partial charge in [0, 0.05) is 15.9 Å². The van der Waals surface area contributed by atoms with Crippen molar-refractivity contribution in [3.05, 3.63) is 16.2 Å². The Morgan fingerprint density at radius 2 is 2.36 bits per heavy atom. The summed E-state index contributed by atoms with van der Waals surface area (Å²) in [4.78, 5) is 13.7. The van der Waals surface area contributed by atoms with E-state index in [2.05, 4.69) is 35.9 Å². The van der Waals surface area contributed by atoms with Crippen molar-refractivity contribution in [1.82, 2.24) is 15.0 Å². The number of rotatable bonds is 0. The van der Waals surface area contributed by atoms with Crippen molar-refractivity contribution in [1.29, 1.82) is 0 Å². The Labute approximate surface area is 75.2 Å². The number of H-pyrrole nitrogens is 2. The molecule has 56 valence electrons. The zero-order valence-corrected chi connectivity index (χ0v) is 7.57. The minimum atomic E-state index is 0.406. The fourth-order valence-electron chi connectivity index (χ4n) is 0.817. The second-order valence-electron chi connectivity index (χ2n) is 1.94. The molecule has 0 aliphatic carbocycles. The van der Waals surface area contributed by atoms with Crippen LogP contribution in [0.3, 0.4) is 0 Å². The van der Waals surface area contributed by atoms with Gasteiger partial charge in [0.25, 0.3) is 4.73 Å². The van der Waals surface area contributed by atoms with Gasteiger partial charge in [-0.3, -0.25) is 4.98 Å². The van der Waals surface area contributed by atoms with E-state index in [0.717, 1.165) is 5.52 Å². The lowest BCUT2D eigenvalue weighted by Gasteiger charge is -1.85. The van der Waals surface area contributed by atoms with Crippen LogP contribution in [0.4, 0.5) is 0 Å². The van der Waals surface area contributed by atoms with Crippen molar-refractivity contribution in [3.63, 3.8) is 0 Å². The molecule has 0 atom stereocenters. The molecular formula is C5H3BrClN4+. The van der Waals surface area contributed by atoms with Crippen LogP contribution in [0, 0.1) is 0 Å². The van der Waals surface area contributed by atoms with Gasteiger partial charge in [0.15, 0.2) is 11.5 Å². The summed E-state index contributed by atoms with van der Waals surface area (Å²) in [5, 5.41) is 0.406. The second-order valence-corrected chi connectivity index (χ2v) is 3.01. The van der Waals surface area contributed by atoms with Crippen LogP contribution in [0.15, 0.2) is 11.1 Å². The normalized spacial score (nSPS) is 10.7. The van der Waals surface area contributed by atoms with Crippen molar-refractivity contribution in [2.24, 2.45) is 0 Å². The van der Waals surface area contributed by atoms with Crippen molar-refractivity contribution in [2.45, 2.75) is 0 Å². The third-order valence-electron chi connectivity index (χ3n) is 1.26. The van der Waals surface area contributed by atoms with E-state index in [1.54, 1.807) is 6.33 Å². The summed E-state index contributed by atoms with van der Waals surface area (Å²) in [5.74, 6) is 0. The maximum atomic E-state index is 5.77. The van der Waals surface area contributed by atoms with Crippen LogP contribution < -0.4 is 4.98 Å². The molecule has 2 N–H and O–H groups in total. The number of nitrogens with one attached hydrogen (secondary N) is 2. The van der Waals surface area contributed by atoms with Gasteiger partial charge in [0.1, 0.15) is 0 Å². The Bertz CT molecular complexity index is 398. The quantitative estimate of drug-likeness (QED) is 0.550. The Balaban J connectivity index is 2.91. The topological polar surface area (TPSA) is 55.7 Å². The van der Waals surface area contributed by atoms with E-state index in [0.29, 0.717) is 15.5 Å². The number of nitrogens with zero attached hydrogens (tertiary/aromatic N) is 2. The monoisotopic (exact) mass is 233 g/mol.